The Labute approximate surface area is 112 Å². The molecule has 0 aliphatic heterocycles. The SMILES string of the molecule is C[C@@H](NC1CCc2cc(F)ccc21)c1cccnc1. The minimum Gasteiger partial charge on any atom is -0.303 e. The van der Waals surface area contributed by atoms with E-state index >= 15 is 0 Å². The monoisotopic (exact) mass is 256 g/mol. The molecule has 2 atom stereocenters. The molecule has 0 saturated carbocycles. The number of benzene rings is 1. The molecule has 3 rings (SSSR count). The van der Waals surface area contributed by atoms with Crippen LogP contribution in [0.3, 0.4) is 0 Å². The number of aryl methyl sites for hydroxylation is 1. The Hall–Kier alpha value is -1.74. The van der Waals surface area contributed by atoms with Gasteiger partial charge in [-0.25, -0.2) is 4.39 Å². The molecule has 3 heteroatoms. The maximum absolute atomic E-state index is 13.2. The molecule has 0 radical (unpaired) electrons. The fraction of sp³-hybridized carbons (Fsp3) is 0.312. The van der Waals surface area contributed by atoms with Crippen molar-refractivity contribution in [2.75, 3.05) is 0 Å². The van der Waals surface area contributed by atoms with Crippen LogP contribution < -0.4 is 5.32 Å². The lowest BCUT2D eigenvalue weighted by Gasteiger charge is -2.20. The van der Waals surface area contributed by atoms with Crippen LogP contribution in [0.2, 0.25) is 0 Å². The third-order valence-corrected chi connectivity index (χ3v) is 3.82. The highest BCUT2D eigenvalue weighted by atomic mass is 19.1. The molecule has 1 aromatic carbocycles. The summed E-state index contributed by atoms with van der Waals surface area (Å²) in [6.07, 6.45) is 5.65. The minimum absolute atomic E-state index is 0.139. The Morgan fingerprint density at radius 1 is 1.37 bits per heavy atom. The van der Waals surface area contributed by atoms with Crippen LogP contribution in [0.5, 0.6) is 0 Å². The number of hydrogen-bond acceptors (Lipinski definition) is 2. The van der Waals surface area contributed by atoms with Crippen molar-refractivity contribution in [3.8, 4) is 0 Å². The molecule has 19 heavy (non-hydrogen) atoms. The smallest absolute Gasteiger partial charge is 0.123 e. The topological polar surface area (TPSA) is 24.9 Å². The lowest BCUT2D eigenvalue weighted by atomic mass is 10.1. The van der Waals surface area contributed by atoms with E-state index in [-0.39, 0.29) is 11.9 Å². The summed E-state index contributed by atoms with van der Waals surface area (Å²) in [6.45, 7) is 2.14. The first-order valence-electron chi connectivity index (χ1n) is 6.68. The van der Waals surface area contributed by atoms with Gasteiger partial charge < -0.3 is 5.32 Å². The van der Waals surface area contributed by atoms with Gasteiger partial charge in [-0.2, -0.15) is 0 Å². The molecule has 2 nitrogen and oxygen atoms in total. The molecule has 1 heterocycles. The molecular weight excluding hydrogens is 239 g/mol. The maximum atomic E-state index is 13.2. The van der Waals surface area contributed by atoms with Crippen LogP contribution >= 0.6 is 0 Å². The molecule has 1 aliphatic rings. The predicted octanol–water partition coefficient (Wildman–Crippen LogP) is 3.56. The summed E-state index contributed by atoms with van der Waals surface area (Å²) in [5.74, 6) is -0.139. The van der Waals surface area contributed by atoms with Gasteiger partial charge in [0.25, 0.3) is 0 Å². The van der Waals surface area contributed by atoms with Crippen LogP contribution in [-0.2, 0) is 6.42 Å². The Kier molecular flexibility index (Phi) is 3.30. The third kappa shape index (κ3) is 2.51. The van der Waals surface area contributed by atoms with Crippen LogP contribution in [-0.4, -0.2) is 4.98 Å². The molecule has 1 aliphatic carbocycles. The van der Waals surface area contributed by atoms with E-state index in [0.717, 1.165) is 18.4 Å². The second-order valence-electron chi connectivity index (χ2n) is 5.11. The summed E-state index contributed by atoms with van der Waals surface area (Å²) in [4.78, 5) is 4.15. The number of nitrogens with one attached hydrogen (secondary N) is 1. The zero-order valence-electron chi connectivity index (χ0n) is 10.9. The number of aromatic nitrogens is 1. The fourth-order valence-corrected chi connectivity index (χ4v) is 2.79. The summed E-state index contributed by atoms with van der Waals surface area (Å²) in [7, 11) is 0. The summed E-state index contributed by atoms with van der Waals surface area (Å²) in [5.41, 5.74) is 3.55. The molecular formula is C16H17FN2. The molecule has 1 unspecified atom stereocenters. The van der Waals surface area contributed by atoms with Crippen molar-refractivity contribution in [3.05, 3.63) is 65.2 Å². The quantitative estimate of drug-likeness (QED) is 0.908. The highest BCUT2D eigenvalue weighted by molar-refractivity contribution is 5.35. The van der Waals surface area contributed by atoms with Crippen LogP contribution in [0, 0.1) is 5.82 Å². The lowest BCUT2D eigenvalue weighted by Crippen LogP contribution is -2.23. The lowest BCUT2D eigenvalue weighted by molar-refractivity contribution is 0.464. The first-order chi connectivity index (χ1) is 9.24. The van der Waals surface area contributed by atoms with Gasteiger partial charge in [0.15, 0.2) is 0 Å². The van der Waals surface area contributed by atoms with E-state index in [0.29, 0.717) is 6.04 Å². The summed E-state index contributed by atoms with van der Waals surface area (Å²) in [5, 5.41) is 3.61. The average Bonchev–Trinajstić information content (AvgIpc) is 2.82. The van der Waals surface area contributed by atoms with Crippen molar-refractivity contribution in [3.63, 3.8) is 0 Å². The molecule has 98 valence electrons. The molecule has 0 fully saturated rings. The van der Waals surface area contributed by atoms with Crippen molar-refractivity contribution in [2.24, 2.45) is 0 Å². The second-order valence-corrected chi connectivity index (χ2v) is 5.11. The number of pyridine rings is 1. The van der Waals surface area contributed by atoms with E-state index in [9.17, 15) is 4.39 Å². The van der Waals surface area contributed by atoms with Gasteiger partial charge in [-0.15, -0.1) is 0 Å². The van der Waals surface area contributed by atoms with Crippen molar-refractivity contribution >= 4 is 0 Å². The van der Waals surface area contributed by atoms with Crippen LogP contribution in [0.15, 0.2) is 42.7 Å². The minimum atomic E-state index is -0.139. The number of hydrogen-bond donors (Lipinski definition) is 1. The van der Waals surface area contributed by atoms with Gasteiger partial charge in [-0.1, -0.05) is 12.1 Å². The van der Waals surface area contributed by atoms with Gasteiger partial charge in [0.05, 0.1) is 0 Å². The van der Waals surface area contributed by atoms with Crippen molar-refractivity contribution in [2.45, 2.75) is 31.8 Å². The predicted molar refractivity (Wildman–Crippen MR) is 73.2 cm³/mol. The molecule has 2 aromatic rings. The van der Waals surface area contributed by atoms with Crippen LogP contribution in [0.4, 0.5) is 4.39 Å². The zero-order valence-corrected chi connectivity index (χ0v) is 10.9. The standard InChI is InChI=1S/C16H17FN2/c1-11(13-3-2-8-18-10-13)19-16-7-4-12-9-14(17)5-6-15(12)16/h2-3,5-6,8-11,16,19H,4,7H2,1H3/t11-,16?/m1/s1. The highest BCUT2D eigenvalue weighted by Crippen LogP contribution is 2.33. The largest absolute Gasteiger partial charge is 0.303 e. The van der Waals surface area contributed by atoms with Gasteiger partial charge in [0.2, 0.25) is 0 Å². The van der Waals surface area contributed by atoms with E-state index in [1.54, 1.807) is 18.3 Å². The summed E-state index contributed by atoms with van der Waals surface area (Å²) < 4.78 is 13.2. The Balaban J connectivity index is 1.76. The van der Waals surface area contributed by atoms with Crippen molar-refractivity contribution in [1.82, 2.24) is 10.3 Å². The molecule has 0 amide bonds. The number of nitrogens with zero attached hydrogens (tertiary/aromatic N) is 1. The first-order valence-corrected chi connectivity index (χ1v) is 6.68. The first kappa shape index (κ1) is 12.3. The number of fused-ring (bicyclic) bond motifs is 1. The third-order valence-electron chi connectivity index (χ3n) is 3.82. The van der Waals surface area contributed by atoms with Crippen molar-refractivity contribution in [1.29, 1.82) is 0 Å². The molecule has 0 saturated heterocycles. The Morgan fingerprint density at radius 3 is 3.05 bits per heavy atom. The van der Waals surface area contributed by atoms with Gasteiger partial charge in [0.1, 0.15) is 5.82 Å². The number of halogens is 1. The summed E-state index contributed by atoms with van der Waals surface area (Å²) >= 11 is 0. The normalized spacial score (nSPS) is 19.2. The van der Waals surface area contributed by atoms with Gasteiger partial charge in [-0.05, 0) is 54.7 Å². The molecule has 0 bridgehead atoms. The van der Waals surface area contributed by atoms with E-state index < -0.39 is 0 Å². The van der Waals surface area contributed by atoms with Gasteiger partial charge >= 0.3 is 0 Å². The van der Waals surface area contributed by atoms with E-state index in [4.69, 9.17) is 0 Å². The molecule has 1 aromatic heterocycles. The second kappa shape index (κ2) is 5.10. The van der Waals surface area contributed by atoms with Crippen LogP contribution in [0.25, 0.3) is 0 Å². The Morgan fingerprint density at radius 2 is 2.26 bits per heavy atom. The summed E-state index contributed by atoms with van der Waals surface area (Å²) in [6, 6.07) is 9.70. The molecule has 0 spiro atoms. The fourth-order valence-electron chi connectivity index (χ4n) is 2.79. The maximum Gasteiger partial charge on any atom is 0.123 e. The Bertz CT molecular complexity index is 568. The number of rotatable bonds is 3. The highest BCUT2D eigenvalue weighted by Gasteiger charge is 2.24. The van der Waals surface area contributed by atoms with E-state index in [1.807, 2.05) is 18.3 Å². The van der Waals surface area contributed by atoms with Gasteiger partial charge in [-0.3, -0.25) is 4.98 Å². The zero-order chi connectivity index (χ0) is 13.2. The van der Waals surface area contributed by atoms with Gasteiger partial charge in [0, 0.05) is 24.5 Å². The van der Waals surface area contributed by atoms with Crippen LogP contribution in [0.1, 0.15) is 42.1 Å². The molecule has 1 N–H and O–H groups in total. The average molecular weight is 256 g/mol. The van der Waals surface area contributed by atoms with E-state index in [2.05, 4.69) is 23.3 Å². The van der Waals surface area contributed by atoms with Crippen molar-refractivity contribution < 1.29 is 4.39 Å². The van der Waals surface area contributed by atoms with E-state index in [1.165, 1.54) is 11.1 Å².